The number of nitrogens with zero attached hydrogens (tertiary/aromatic N) is 2. The first-order valence-corrected chi connectivity index (χ1v) is 7.21. The highest BCUT2D eigenvalue weighted by atomic mass is 16.4. The van der Waals surface area contributed by atoms with Crippen LogP contribution in [0, 0.1) is 0 Å². The third kappa shape index (κ3) is 4.59. The number of piperazine rings is 1. The normalized spacial score (nSPS) is 20.9. The Balaban J connectivity index is 1.78. The van der Waals surface area contributed by atoms with Gasteiger partial charge in [0.1, 0.15) is 6.04 Å². The maximum Gasteiger partial charge on any atom is 0.326 e. The monoisotopic (exact) mass is 299 g/mol. The lowest BCUT2D eigenvalue weighted by atomic mass is 10.1. The van der Waals surface area contributed by atoms with Crippen LogP contribution in [0.4, 0.5) is 4.79 Å². The summed E-state index contributed by atoms with van der Waals surface area (Å²) in [6.45, 7) is 2.77. The van der Waals surface area contributed by atoms with Crippen LogP contribution in [0.3, 0.4) is 0 Å². The summed E-state index contributed by atoms with van der Waals surface area (Å²) in [5, 5.41) is 20.0. The first kappa shape index (κ1) is 15.6. The van der Waals surface area contributed by atoms with Crippen LogP contribution < -0.4 is 5.32 Å². The molecule has 8 nitrogen and oxygen atoms in total. The molecule has 1 heterocycles. The number of amides is 2. The van der Waals surface area contributed by atoms with Crippen molar-refractivity contribution in [3.63, 3.8) is 0 Å². The van der Waals surface area contributed by atoms with Crippen LogP contribution >= 0.6 is 0 Å². The van der Waals surface area contributed by atoms with Gasteiger partial charge in [-0.1, -0.05) is 0 Å². The van der Waals surface area contributed by atoms with E-state index in [0.717, 1.165) is 13.1 Å². The third-order valence-electron chi connectivity index (χ3n) is 3.91. The van der Waals surface area contributed by atoms with Gasteiger partial charge in [-0.3, -0.25) is 9.69 Å². The van der Waals surface area contributed by atoms with E-state index in [2.05, 4.69) is 10.2 Å². The first-order chi connectivity index (χ1) is 9.97. The molecule has 118 valence electrons. The molecule has 1 atom stereocenters. The number of hydrogen-bond donors (Lipinski definition) is 3. The Morgan fingerprint density at radius 2 is 1.71 bits per heavy atom. The molecule has 1 aliphatic heterocycles. The van der Waals surface area contributed by atoms with Gasteiger partial charge in [-0.15, -0.1) is 0 Å². The Bertz CT molecular complexity index is 416. The van der Waals surface area contributed by atoms with Gasteiger partial charge in [0.15, 0.2) is 0 Å². The third-order valence-corrected chi connectivity index (χ3v) is 3.91. The van der Waals surface area contributed by atoms with Crippen molar-refractivity contribution in [3.8, 4) is 0 Å². The van der Waals surface area contributed by atoms with Crippen molar-refractivity contribution in [2.75, 3.05) is 26.2 Å². The smallest absolute Gasteiger partial charge is 0.326 e. The minimum Gasteiger partial charge on any atom is -0.481 e. The van der Waals surface area contributed by atoms with Crippen molar-refractivity contribution >= 4 is 18.0 Å². The molecule has 0 bridgehead atoms. The van der Waals surface area contributed by atoms with E-state index in [4.69, 9.17) is 10.2 Å². The molecule has 21 heavy (non-hydrogen) atoms. The maximum absolute atomic E-state index is 12.0. The van der Waals surface area contributed by atoms with Gasteiger partial charge < -0.3 is 20.4 Å². The van der Waals surface area contributed by atoms with Crippen molar-refractivity contribution in [1.82, 2.24) is 15.1 Å². The number of nitrogens with one attached hydrogen (secondary N) is 1. The predicted molar refractivity (Wildman–Crippen MR) is 73.0 cm³/mol. The SMILES string of the molecule is O=C(O)CCC(NC(=O)N1CCN(C2CC2)CC1)C(=O)O. The van der Waals surface area contributed by atoms with Crippen LogP contribution in [0.2, 0.25) is 0 Å². The predicted octanol–water partition coefficient (Wildman–Crippen LogP) is -0.206. The van der Waals surface area contributed by atoms with E-state index >= 15 is 0 Å². The van der Waals surface area contributed by atoms with Crippen LogP contribution in [0.1, 0.15) is 25.7 Å². The largest absolute Gasteiger partial charge is 0.481 e. The molecular weight excluding hydrogens is 278 g/mol. The molecule has 3 N–H and O–H groups in total. The summed E-state index contributed by atoms with van der Waals surface area (Å²) in [4.78, 5) is 37.5. The highest BCUT2D eigenvalue weighted by molar-refractivity contribution is 5.83. The van der Waals surface area contributed by atoms with E-state index in [-0.39, 0.29) is 12.8 Å². The second-order valence-electron chi connectivity index (χ2n) is 5.53. The molecule has 2 aliphatic rings. The minimum atomic E-state index is -1.21. The fourth-order valence-electron chi connectivity index (χ4n) is 2.50. The number of carboxylic acid groups (broad SMARTS) is 2. The van der Waals surface area contributed by atoms with Gasteiger partial charge in [0.05, 0.1) is 0 Å². The van der Waals surface area contributed by atoms with Gasteiger partial charge in [-0.25, -0.2) is 9.59 Å². The quantitative estimate of drug-likeness (QED) is 0.626. The van der Waals surface area contributed by atoms with Crippen LogP contribution in [-0.4, -0.2) is 76.2 Å². The summed E-state index contributed by atoms with van der Waals surface area (Å²) in [7, 11) is 0. The highest BCUT2D eigenvalue weighted by Crippen LogP contribution is 2.27. The van der Waals surface area contributed by atoms with Gasteiger partial charge in [-0.05, 0) is 19.3 Å². The molecule has 0 radical (unpaired) electrons. The Labute approximate surface area is 122 Å². The van der Waals surface area contributed by atoms with Gasteiger partial charge in [0.25, 0.3) is 0 Å². The van der Waals surface area contributed by atoms with Crippen LogP contribution in [0.25, 0.3) is 0 Å². The molecule has 2 fully saturated rings. The number of carbonyl (C=O) groups is 3. The van der Waals surface area contributed by atoms with Crippen molar-refractivity contribution in [1.29, 1.82) is 0 Å². The summed E-state index contributed by atoms with van der Waals surface area (Å²) in [6, 6.07) is -0.921. The Hall–Kier alpha value is -1.83. The van der Waals surface area contributed by atoms with Crippen molar-refractivity contribution < 1.29 is 24.6 Å². The zero-order valence-corrected chi connectivity index (χ0v) is 11.8. The lowest BCUT2D eigenvalue weighted by Gasteiger charge is -2.35. The fraction of sp³-hybridized carbons (Fsp3) is 0.769. The topological polar surface area (TPSA) is 110 Å². The van der Waals surface area contributed by atoms with Gasteiger partial charge in [-0.2, -0.15) is 0 Å². The van der Waals surface area contributed by atoms with Crippen molar-refractivity contribution in [2.24, 2.45) is 0 Å². The van der Waals surface area contributed by atoms with Crippen LogP contribution in [-0.2, 0) is 9.59 Å². The van der Waals surface area contributed by atoms with Gasteiger partial charge >= 0.3 is 18.0 Å². The molecule has 2 rings (SSSR count). The number of carbonyl (C=O) groups excluding carboxylic acids is 1. The van der Waals surface area contributed by atoms with Gasteiger partial charge in [0, 0.05) is 38.6 Å². The summed E-state index contributed by atoms with van der Waals surface area (Å²) in [5.74, 6) is -2.28. The fourth-order valence-corrected chi connectivity index (χ4v) is 2.50. The summed E-state index contributed by atoms with van der Waals surface area (Å²) in [5.41, 5.74) is 0. The van der Waals surface area contributed by atoms with Crippen LogP contribution in [0.5, 0.6) is 0 Å². The summed E-state index contributed by atoms with van der Waals surface area (Å²) in [6.07, 6.45) is 2.05. The molecule has 0 spiro atoms. The number of urea groups is 1. The van der Waals surface area contributed by atoms with Crippen molar-refractivity contribution in [2.45, 2.75) is 37.8 Å². The average molecular weight is 299 g/mol. The minimum absolute atomic E-state index is 0.113. The first-order valence-electron chi connectivity index (χ1n) is 7.21. The van der Waals surface area contributed by atoms with Gasteiger partial charge in [0.2, 0.25) is 0 Å². The van der Waals surface area contributed by atoms with Crippen LogP contribution in [0.15, 0.2) is 0 Å². The zero-order chi connectivity index (χ0) is 15.4. The average Bonchev–Trinajstić information content (AvgIpc) is 3.27. The van der Waals surface area contributed by atoms with Crippen molar-refractivity contribution in [3.05, 3.63) is 0 Å². The van der Waals surface area contributed by atoms with E-state index in [0.29, 0.717) is 19.1 Å². The number of hydrogen-bond acceptors (Lipinski definition) is 4. The molecule has 1 saturated heterocycles. The summed E-state index contributed by atoms with van der Waals surface area (Å²) >= 11 is 0. The second kappa shape index (κ2) is 6.75. The Kier molecular flexibility index (Phi) is 5.00. The molecule has 0 aromatic heterocycles. The van der Waals surface area contributed by atoms with E-state index in [1.807, 2.05) is 0 Å². The molecule has 1 unspecified atom stereocenters. The summed E-state index contributed by atoms with van der Waals surface area (Å²) < 4.78 is 0. The molecule has 8 heteroatoms. The lowest BCUT2D eigenvalue weighted by molar-refractivity contribution is -0.140. The van der Waals surface area contributed by atoms with E-state index in [1.54, 1.807) is 4.90 Å². The molecule has 0 aromatic carbocycles. The van der Waals surface area contributed by atoms with E-state index in [1.165, 1.54) is 12.8 Å². The zero-order valence-electron chi connectivity index (χ0n) is 11.8. The number of carboxylic acids is 2. The van der Waals surface area contributed by atoms with E-state index in [9.17, 15) is 14.4 Å². The second-order valence-corrected chi connectivity index (χ2v) is 5.53. The van der Waals surface area contributed by atoms with E-state index < -0.39 is 24.0 Å². The highest BCUT2D eigenvalue weighted by Gasteiger charge is 2.33. The lowest BCUT2D eigenvalue weighted by Crippen LogP contribution is -2.55. The molecular formula is C13H21N3O5. The molecule has 1 saturated carbocycles. The standard InChI is InChI=1S/C13H21N3O5/c17-11(18)4-3-10(12(19)20)14-13(21)16-7-5-15(6-8-16)9-1-2-9/h9-10H,1-8H2,(H,14,21)(H,17,18)(H,19,20). The maximum atomic E-state index is 12.0. The Morgan fingerprint density at radius 1 is 1.10 bits per heavy atom. The number of aliphatic carboxylic acids is 2. The molecule has 0 aromatic rings. The Morgan fingerprint density at radius 3 is 2.19 bits per heavy atom. The molecule has 1 aliphatic carbocycles. The molecule has 2 amide bonds. The number of rotatable bonds is 6.